The molecule has 1 fully saturated rings. The fourth-order valence-corrected chi connectivity index (χ4v) is 2.14. The maximum absolute atomic E-state index is 12.0. The Morgan fingerprint density at radius 2 is 2.15 bits per heavy atom. The van der Waals surface area contributed by atoms with Crippen LogP contribution < -0.4 is 5.32 Å². The van der Waals surface area contributed by atoms with E-state index < -0.39 is 17.0 Å². The van der Waals surface area contributed by atoms with Gasteiger partial charge in [0.05, 0.1) is 12.0 Å². The number of amides is 1. The van der Waals surface area contributed by atoms with E-state index in [4.69, 9.17) is 9.47 Å². The average molecular weight is 287 g/mol. The standard InChI is InChI=1S/C14H25NO5/c1-10(2)13(3,12(17)18)7-11(16)15-8-14(19-4)5-6-20-9-14/h10H,5-9H2,1-4H3,(H,15,16)(H,17,18). The van der Waals surface area contributed by atoms with Gasteiger partial charge in [-0.05, 0) is 12.8 Å². The number of carbonyl (C=O) groups excluding carboxylic acids is 1. The normalized spacial score (nSPS) is 25.4. The molecular weight excluding hydrogens is 262 g/mol. The van der Waals surface area contributed by atoms with Crippen LogP contribution in [0.25, 0.3) is 0 Å². The van der Waals surface area contributed by atoms with Crippen molar-refractivity contribution in [3.05, 3.63) is 0 Å². The summed E-state index contributed by atoms with van der Waals surface area (Å²) in [5.74, 6) is -1.35. The molecule has 2 atom stereocenters. The molecule has 20 heavy (non-hydrogen) atoms. The molecule has 6 nitrogen and oxygen atoms in total. The first kappa shape index (κ1) is 16.9. The Labute approximate surface area is 119 Å². The van der Waals surface area contributed by atoms with E-state index in [9.17, 15) is 14.7 Å². The molecule has 0 saturated carbocycles. The van der Waals surface area contributed by atoms with Gasteiger partial charge in [0, 0.05) is 33.1 Å². The first-order valence-corrected chi connectivity index (χ1v) is 6.89. The minimum Gasteiger partial charge on any atom is -0.481 e. The second kappa shape index (κ2) is 6.54. The van der Waals surface area contributed by atoms with Crippen LogP contribution in [-0.2, 0) is 19.1 Å². The molecular formula is C14H25NO5. The molecule has 1 heterocycles. The largest absolute Gasteiger partial charge is 0.481 e. The van der Waals surface area contributed by atoms with Crippen molar-refractivity contribution in [1.82, 2.24) is 5.32 Å². The molecule has 0 bridgehead atoms. The Kier molecular flexibility index (Phi) is 5.53. The average Bonchev–Trinajstić information content (AvgIpc) is 2.85. The van der Waals surface area contributed by atoms with Gasteiger partial charge in [0.2, 0.25) is 5.91 Å². The lowest BCUT2D eigenvalue weighted by Gasteiger charge is -2.30. The molecule has 0 aromatic rings. The van der Waals surface area contributed by atoms with Gasteiger partial charge in [-0.15, -0.1) is 0 Å². The SMILES string of the molecule is COC1(CNC(=O)CC(C)(C(=O)O)C(C)C)CCOC1. The van der Waals surface area contributed by atoms with Crippen LogP contribution in [0.1, 0.15) is 33.6 Å². The zero-order chi connectivity index (χ0) is 15.4. The first-order valence-electron chi connectivity index (χ1n) is 6.89. The van der Waals surface area contributed by atoms with Gasteiger partial charge in [-0.2, -0.15) is 0 Å². The van der Waals surface area contributed by atoms with E-state index in [0.29, 0.717) is 19.8 Å². The maximum atomic E-state index is 12.0. The number of nitrogens with one attached hydrogen (secondary N) is 1. The van der Waals surface area contributed by atoms with Crippen molar-refractivity contribution < 1.29 is 24.2 Å². The van der Waals surface area contributed by atoms with Crippen molar-refractivity contribution >= 4 is 11.9 Å². The van der Waals surface area contributed by atoms with Crippen LogP contribution in [0.15, 0.2) is 0 Å². The summed E-state index contributed by atoms with van der Waals surface area (Å²) >= 11 is 0. The molecule has 1 rings (SSSR count). The van der Waals surface area contributed by atoms with Gasteiger partial charge in [-0.3, -0.25) is 9.59 Å². The van der Waals surface area contributed by atoms with Crippen molar-refractivity contribution in [1.29, 1.82) is 0 Å². The Morgan fingerprint density at radius 3 is 2.55 bits per heavy atom. The molecule has 0 aromatic carbocycles. The van der Waals surface area contributed by atoms with Crippen LogP contribution in [0.4, 0.5) is 0 Å². The number of carbonyl (C=O) groups is 2. The summed E-state index contributed by atoms with van der Waals surface area (Å²) in [6.45, 7) is 6.62. The minimum absolute atomic E-state index is 0.0410. The number of aliphatic carboxylic acids is 1. The minimum atomic E-state index is -1.06. The van der Waals surface area contributed by atoms with E-state index in [-0.39, 0.29) is 18.2 Å². The van der Waals surface area contributed by atoms with Crippen LogP contribution >= 0.6 is 0 Å². The molecule has 2 unspecified atom stereocenters. The lowest BCUT2D eigenvalue weighted by Crippen LogP contribution is -2.47. The summed E-state index contributed by atoms with van der Waals surface area (Å²) in [7, 11) is 1.59. The van der Waals surface area contributed by atoms with Gasteiger partial charge in [0.25, 0.3) is 0 Å². The summed E-state index contributed by atoms with van der Waals surface area (Å²) in [6.07, 6.45) is 0.685. The topological polar surface area (TPSA) is 84.9 Å². The number of carboxylic acids is 1. The molecule has 1 saturated heterocycles. The predicted octanol–water partition coefficient (Wildman–Crippen LogP) is 1.05. The van der Waals surface area contributed by atoms with Gasteiger partial charge in [-0.1, -0.05) is 13.8 Å². The van der Waals surface area contributed by atoms with E-state index in [2.05, 4.69) is 5.32 Å². The van der Waals surface area contributed by atoms with Crippen LogP contribution in [-0.4, -0.2) is 49.5 Å². The van der Waals surface area contributed by atoms with Crippen LogP contribution in [0.2, 0.25) is 0 Å². The Hall–Kier alpha value is -1.14. The van der Waals surface area contributed by atoms with Crippen LogP contribution in [0.3, 0.4) is 0 Å². The lowest BCUT2D eigenvalue weighted by atomic mass is 9.76. The van der Waals surface area contributed by atoms with Crippen molar-refractivity contribution in [2.45, 2.75) is 39.2 Å². The second-order valence-corrected chi connectivity index (χ2v) is 6.02. The quantitative estimate of drug-likeness (QED) is 0.731. The van der Waals surface area contributed by atoms with E-state index in [0.717, 1.165) is 6.42 Å². The number of hydrogen-bond acceptors (Lipinski definition) is 4. The number of hydrogen-bond donors (Lipinski definition) is 2. The molecule has 1 aliphatic heterocycles. The van der Waals surface area contributed by atoms with Crippen molar-refractivity contribution in [2.24, 2.45) is 11.3 Å². The highest BCUT2D eigenvalue weighted by Gasteiger charge is 2.40. The summed E-state index contributed by atoms with van der Waals surface area (Å²) < 4.78 is 10.7. The van der Waals surface area contributed by atoms with Gasteiger partial charge in [0.1, 0.15) is 5.60 Å². The van der Waals surface area contributed by atoms with Crippen molar-refractivity contribution in [3.8, 4) is 0 Å². The lowest BCUT2D eigenvalue weighted by molar-refractivity contribution is -0.153. The van der Waals surface area contributed by atoms with Gasteiger partial charge in [0.15, 0.2) is 0 Å². The van der Waals surface area contributed by atoms with Crippen molar-refractivity contribution in [3.63, 3.8) is 0 Å². The van der Waals surface area contributed by atoms with E-state index in [1.807, 2.05) is 13.8 Å². The monoisotopic (exact) mass is 287 g/mol. The fourth-order valence-electron chi connectivity index (χ4n) is 2.14. The first-order chi connectivity index (χ1) is 9.26. The number of ether oxygens (including phenoxy) is 2. The molecule has 0 spiro atoms. The highest BCUT2D eigenvalue weighted by Crippen LogP contribution is 2.31. The third kappa shape index (κ3) is 3.70. The number of carboxylic acid groups (broad SMARTS) is 1. The van der Waals surface area contributed by atoms with Gasteiger partial charge < -0.3 is 19.9 Å². The highest BCUT2D eigenvalue weighted by atomic mass is 16.5. The summed E-state index contributed by atoms with van der Waals surface area (Å²) in [4.78, 5) is 23.4. The van der Waals surface area contributed by atoms with Crippen molar-refractivity contribution in [2.75, 3.05) is 26.9 Å². The summed E-state index contributed by atoms with van der Waals surface area (Å²) in [5.41, 5.74) is -1.54. The van der Waals surface area contributed by atoms with E-state index >= 15 is 0 Å². The number of rotatable bonds is 7. The highest BCUT2D eigenvalue weighted by molar-refractivity contribution is 5.84. The van der Waals surface area contributed by atoms with Gasteiger partial charge in [-0.25, -0.2) is 0 Å². The molecule has 0 aliphatic carbocycles. The zero-order valence-corrected chi connectivity index (χ0v) is 12.7. The molecule has 116 valence electrons. The van der Waals surface area contributed by atoms with Crippen LogP contribution in [0, 0.1) is 11.3 Å². The number of methoxy groups -OCH3 is 1. The van der Waals surface area contributed by atoms with Crippen LogP contribution in [0.5, 0.6) is 0 Å². The smallest absolute Gasteiger partial charge is 0.310 e. The van der Waals surface area contributed by atoms with Gasteiger partial charge >= 0.3 is 5.97 Å². The summed E-state index contributed by atoms with van der Waals surface area (Å²) in [5, 5.41) is 12.1. The Balaban J connectivity index is 2.57. The maximum Gasteiger partial charge on any atom is 0.310 e. The fraction of sp³-hybridized carbons (Fsp3) is 0.857. The molecule has 1 amide bonds. The molecule has 1 aliphatic rings. The third-order valence-corrected chi connectivity index (χ3v) is 4.40. The molecule has 0 radical (unpaired) electrons. The molecule has 6 heteroatoms. The Bertz CT molecular complexity index is 363. The van der Waals surface area contributed by atoms with E-state index in [1.165, 1.54) is 0 Å². The zero-order valence-electron chi connectivity index (χ0n) is 12.7. The summed E-state index contributed by atoms with van der Waals surface area (Å²) in [6, 6.07) is 0. The molecule has 0 aromatic heterocycles. The predicted molar refractivity (Wildman–Crippen MR) is 73.4 cm³/mol. The molecule has 2 N–H and O–H groups in total. The van der Waals surface area contributed by atoms with E-state index in [1.54, 1.807) is 14.0 Å². The Morgan fingerprint density at radius 1 is 1.50 bits per heavy atom. The second-order valence-electron chi connectivity index (χ2n) is 6.02. The third-order valence-electron chi connectivity index (χ3n) is 4.40.